The van der Waals surface area contributed by atoms with E-state index in [1.165, 1.54) is 4.68 Å². The Hall–Kier alpha value is -2.70. The molecule has 0 aliphatic carbocycles. The van der Waals surface area contributed by atoms with Gasteiger partial charge in [-0.3, -0.25) is 10.1 Å². The Morgan fingerprint density at radius 3 is 2.38 bits per heavy atom. The molecule has 0 saturated carbocycles. The predicted octanol–water partition coefficient (Wildman–Crippen LogP) is 4.27. The molecular weight excluding hydrogens is 368 g/mol. The summed E-state index contributed by atoms with van der Waals surface area (Å²) < 4.78 is 1.53. The Kier molecular flexibility index (Phi) is 5.35. The molecule has 1 aromatic heterocycles. The SMILES string of the molecule is Cc1ccc(NC(=S)NC(=O)c2c(C)nn(-c3ccccc3)c2Cl)cc1. The largest absolute Gasteiger partial charge is 0.332 e. The molecule has 0 saturated heterocycles. The summed E-state index contributed by atoms with van der Waals surface area (Å²) in [4.78, 5) is 12.6. The maximum Gasteiger partial charge on any atom is 0.262 e. The lowest BCUT2D eigenvalue weighted by molar-refractivity contribution is 0.0977. The minimum absolute atomic E-state index is 0.196. The minimum Gasteiger partial charge on any atom is -0.332 e. The maximum atomic E-state index is 12.6. The summed E-state index contributed by atoms with van der Waals surface area (Å²) in [6, 6.07) is 17.1. The molecule has 3 aromatic rings. The Balaban J connectivity index is 1.76. The quantitative estimate of drug-likeness (QED) is 0.662. The zero-order valence-corrected chi connectivity index (χ0v) is 15.9. The second-order valence-electron chi connectivity index (χ2n) is 5.77. The van der Waals surface area contributed by atoms with Gasteiger partial charge in [-0.1, -0.05) is 47.5 Å². The average molecular weight is 385 g/mol. The maximum absolute atomic E-state index is 12.6. The van der Waals surface area contributed by atoms with Gasteiger partial charge in [-0.25, -0.2) is 4.68 Å². The van der Waals surface area contributed by atoms with Crippen LogP contribution in [-0.2, 0) is 0 Å². The van der Waals surface area contributed by atoms with Crippen molar-refractivity contribution >= 4 is 40.5 Å². The molecule has 0 radical (unpaired) electrons. The van der Waals surface area contributed by atoms with E-state index in [-0.39, 0.29) is 10.3 Å². The number of hydrogen-bond acceptors (Lipinski definition) is 3. The van der Waals surface area contributed by atoms with Crippen molar-refractivity contribution in [3.63, 3.8) is 0 Å². The highest BCUT2D eigenvalue weighted by Gasteiger charge is 2.21. The van der Waals surface area contributed by atoms with Gasteiger partial charge in [0.05, 0.1) is 11.4 Å². The number of carbonyl (C=O) groups excluding carboxylic acids is 1. The highest BCUT2D eigenvalue weighted by atomic mass is 35.5. The van der Waals surface area contributed by atoms with Crippen molar-refractivity contribution in [2.75, 3.05) is 5.32 Å². The number of aryl methyl sites for hydroxylation is 2. The summed E-state index contributed by atoms with van der Waals surface area (Å²) in [5, 5.41) is 10.4. The first-order valence-corrected chi connectivity index (χ1v) is 8.74. The molecule has 26 heavy (non-hydrogen) atoms. The Morgan fingerprint density at radius 2 is 1.73 bits per heavy atom. The molecule has 2 aromatic carbocycles. The molecule has 3 rings (SSSR count). The fourth-order valence-electron chi connectivity index (χ4n) is 2.46. The molecule has 7 heteroatoms. The van der Waals surface area contributed by atoms with Crippen LogP contribution in [0.1, 0.15) is 21.6 Å². The minimum atomic E-state index is -0.403. The van der Waals surface area contributed by atoms with Crippen molar-refractivity contribution in [2.24, 2.45) is 0 Å². The number of carbonyl (C=O) groups is 1. The zero-order valence-electron chi connectivity index (χ0n) is 14.3. The third-order valence-electron chi connectivity index (χ3n) is 3.77. The number of rotatable bonds is 3. The molecule has 0 bridgehead atoms. The van der Waals surface area contributed by atoms with Gasteiger partial charge in [0.2, 0.25) is 0 Å². The molecule has 0 aliphatic rings. The molecule has 0 aliphatic heterocycles. The molecule has 132 valence electrons. The Morgan fingerprint density at radius 1 is 1.08 bits per heavy atom. The van der Waals surface area contributed by atoms with Crippen molar-refractivity contribution in [2.45, 2.75) is 13.8 Å². The van der Waals surface area contributed by atoms with Crippen molar-refractivity contribution < 1.29 is 4.79 Å². The Bertz CT molecular complexity index is 952. The number of halogens is 1. The monoisotopic (exact) mass is 384 g/mol. The summed E-state index contributed by atoms with van der Waals surface area (Å²) in [5.74, 6) is -0.403. The normalized spacial score (nSPS) is 10.4. The predicted molar refractivity (Wildman–Crippen MR) is 108 cm³/mol. The standard InChI is InChI=1S/C19H17ClN4OS/c1-12-8-10-14(11-9-12)21-19(26)22-18(25)16-13(2)23-24(17(16)20)15-6-4-3-5-7-15/h3-11H,1-2H3,(H2,21,22,25,26). The number of amides is 1. The van der Waals surface area contributed by atoms with Gasteiger partial charge in [-0.2, -0.15) is 5.10 Å². The molecule has 1 heterocycles. The van der Waals surface area contributed by atoms with Crippen LogP contribution in [-0.4, -0.2) is 20.8 Å². The summed E-state index contributed by atoms with van der Waals surface area (Å²) in [6.07, 6.45) is 0. The van der Waals surface area contributed by atoms with Crippen LogP contribution in [0.5, 0.6) is 0 Å². The van der Waals surface area contributed by atoms with Crippen LogP contribution in [0.25, 0.3) is 5.69 Å². The number of thiocarbonyl (C=S) groups is 1. The third kappa shape index (κ3) is 3.92. The lowest BCUT2D eigenvalue weighted by Gasteiger charge is -2.10. The van der Waals surface area contributed by atoms with Crippen LogP contribution in [0, 0.1) is 13.8 Å². The van der Waals surface area contributed by atoms with Gasteiger partial charge in [-0.15, -0.1) is 0 Å². The number of hydrogen-bond donors (Lipinski definition) is 2. The lowest BCUT2D eigenvalue weighted by atomic mass is 10.2. The summed E-state index contributed by atoms with van der Waals surface area (Å²) >= 11 is 11.6. The second kappa shape index (κ2) is 7.68. The molecule has 0 atom stereocenters. The van der Waals surface area contributed by atoms with Crippen molar-refractivity contribution in [3.8, 4) is 5.69 Å². The number of nitrogens with zero attached hydrogens (tertiary/aromatic N) is 2. The molecule has 0 unspecified atom stereocenters. The van der Waals surface area contributed by atoms with E-state index in [0.717, 1.165) is 16.9 Å². The topological polar surface area (TPSA) is 58.9 Å². The molecule has 2 N–H and O–H groups in total. The molecule has 0 fully saturated rings. The molecule has 1 amide bonds. The third-order valence-corrected chi connectivity index (χ3v) is 4.32. The molecular formula is C19H17ClN4OS. The van der Waals surface area contributed by atoms with Crippen LogP contribution in [0.3, 0.4) is 0 Å². The van der Waals surface area contributed by atoms with Crippen molar-refractivity contribution in [3.05, 3.63) is 76.6 Å². The highest BCUT2D eigenvalue weighted by Crippen LogP contribution is 2.23. The van der Waals surface area contributed by atoms with E-state index >= 15 is 0 Å². The highest BCUT2D eigenvalue weighted by molar-refractivity contribution is 7.80. The average Bonchev–Trinajstić information content (AvgIpc) is 2.92. The van der Waals surface area contributed by atoms with Gasteiger partial charge < -0.3 is 5.32 Å². The number of benzene rings is 2. The van der Waals surface area contributed by atoms with Gasteiger partial charge in [-0.05, 0) is 50.3 Å². The fraction of sp³-hybridized carbons (Fsp3) is 0.105. The van der Waals surface area contributed by atoms with Crippen LogP contribution in [0.4, 0.5) is 5.69 Å². The van der Waals surface area contributed by atoms with Crippen LogP contribution < -0.4 is 10.6 Å². The molecule has 0 spiro atoms. The van der Waals surface area contributed by atoms with Crippen molar-refractivity contribution in [1.82, 2.24) is 15.1 Å². The van der Waals surface area contributed by atoms with Gasteiger partial charge in [0.25, 0.3) is 5.91 Å². The van der Waals surface area contributed by atoms with E-state index in [0.29, 0.717) is 11.3 Å². The summed E-state index contributed by atoms with van der Waals surface area (Å²) in [5.41, 5.74) is 3.53. The van der Waals surface area contributed by atoms with E-state index in [1.54, 1.807) is 6.92 Å². The smallest absolute Gasteiger partial charge is 0.262 e. The number of anilines is 1. The van der Waals surface area contributed by atoms with E-state index in [4.69, 9.17) is 23.8 Å². The zero-order chi connectivity index (χ0) is 18.7. The lowest BCUT2D eigenvalue weighted by Crippen LogP contribution is -2.34. The van der Waals surface area contributed by atoms with Crippen LogP contribution in [0.15, 0.2) is 54.6 Å². The van der Waals surface area contributed by atoms with Gasteiger partial charge in [0, 0.05) is 5.69 Å². The summed E-state index contributed by atoms with van der Waals surface area (Å²) in [7, 11) is 0. The van der Waals surface area contributed by atoms with E-state index < -0.39 is 5.91 Å². The summed E-state index contributed by atoms with van der Waals surface area (Å²) in [6.45, 7) is 3.73. The van der Waals surface area contributed by atoms with Crippen molar-refractivity contribution in [1.29, 1.82) is 0 Å². The first kappa shape index (κ1) is 18.1. The van der Waals surface area contributed by atoms with Gasteiger partial charge >= 0.3 is 0 Å². The first-order chi connectivity index (χ1) is 12.5. The Labute approximate surface area is 162 Å². The van der Waals surface area contributed by atoms with E-state index in [1.807, 2.05) is 61.5 Å². The van der Waals surface area contributed by atoms with Gasteiger partial charge in [0.1, 0.15) is 10.7 Å². The van der Waals surface area contributed by atoms with E-state index in [2.05, 4.69) is 15.7 Å². The number of nitrogens with one attached hydrogen (secondary N) is 2. The van der Waals surface area contributed by atoms with Crippen LogP contribution in [0.2, 0.25) is 5.15 Å². The van der Waals surface area contributed by atoms with E-state index in [9.17, 15) is 4.79 Å². The van der Waals surface area contributed by atoms with Crippen LogP contribution >= 0.6 is 23.8 Å². The second-order valence-corrected chi connectivity index (χ2v) is 6.54. The molecule has 5 nitrogen and oxygen atoms in total. The first-order valence-electron chi connectivity index (χ1n) is 7.95. The number of aromatic nitrogens is 2. The fourth-order valence-corrected chi connectivity index (χ4v) is 3.03. The van der Waals surface area contributed by atoms with Gasteiger partial charge in [0.15, 0.2) is 5.11 Å². The number of para-hydroxylation sites is 1.